The molecule has 2 nitrogen and oxygen atoms in total. The Morgan fingerprint density at radius 1 is 1.12 bits per heavy atom. The van der Waals surface area contributed by atoms with Crippen LogP contribution in [0.5, 0.6) is 0 Å². The average molecular weight is 232 g/mol. The van der Waals surface area contributed by atoms with Gasteiger partial charge in [0, 0.05) is 6.54 Å². The molecule has 1 saturated heterocycles. The summed E-state index contributed by atoms with van der Waals surface area (Å²) in [4.78, 5) is 2.44. The maximum atomic E-state index is 5.60. The van der Waals surface area contributed by atoms with Gasteiger partial charge < -0.3 is 10.6 Å². The second-order valence-electron chi connectivity index (χ2n) is 5.31. The van der Waals surface area contributed by atoms with Crippen LogP contribution < -0.4 is 5.73 Å². The van der Waals surface area contributed by atoms with E-state index in [9.17, 15) is 0 Å². The van der Waals surface area contributed by atoms with E-state index in [-0.39, 0.29) is 0 Å². The van der Waals surface area contributed by atoms with Crippen LogP contribution in [0.25, 0.3) is 0 Å². The summed E-state index contributed by atoms with van der Waals surface area (Å²) >= 11 is 0. The van der Waals surface area contributed by atoms with Crippen LogP contribution in [0.15, 0.2) is 24.3 Å². The van der Waals surface area contributed by atoms with Gasteiger partial charge in [-0.15, -0.1) is 0 Å². The van der Waals surface area contributed by atoms with Gasteiger partial charge in [0.1, 0.15) is 0 Å². The van der Waals surface area contributed by atoms with Crippen LogP contribution in [0, 0.1) is 5.92 Å². The molecule has 1 aromatic rings. The van der Waals surface area contributed by atoms with E-state index in [0.717, 1.165) is 5.92 Å². The maximum Gasteiger partial charge on any atom is 0.0178 e. The van der Waals surface area contributed by atoms with Gasteiger partial charge in [0.25, 0.3) is 0 Å². The van der Waals surface area contributed by atoms with E-state index in [1.165, 1.54) is 49.9 Å². The lowest BCUT2D eigenvalue weighted by atomic mass is 9.90. The van der Waals surface area contributed by atoms with Gasteiger partial charge >= 0.3 is 0 Å². The minimum Gasteiger partial charge on any atom is -0.326 e. The van der Waals surface area contributed by atoms with E-state index < -0.39 is 0 Å². The molecule has 0 amide bonds. The van der Waals surface area contributed by atoms with Gasteiger partial charge in [-0.2, -0.15) is 0 Å². The second-order valence-corrected chi connectivity index (χ2v) is 5.31. The number of rotatable bonds is 4. The topological polar surface area (TPSA) is 29.3 Å². The quantitative estimate of drug-likeness (QED) is 0.864. The van der Waals surface area contributed by atoms with Gasteiger partial charge in [-0.3, -0.25) is 0 Å². The Hall–Kier alpha value is -0.860. The standard InChI is InChI=1S/C15H24N2/c1-17-10-8-14(9-11-17)3-2-13-4-6-15(12-16)7-5-13/h4-7,14H,2-3,8-12,16H2,1H3. The number of nitrogens with two attached hydrogens (primary N) is 1. The highest BCUT2D eigenvalue weighted by atomic mass is 15.1. The zero-order valence-electron chi connectivity index (χ0n) is 10.9. The Morgan fingerprint density at radius 3 is 2.29 bits per heavy atom. The highest BCUT2D eigenvalue weighted by Crippen LogP contribution is 2.21. The van der Waals surface area contributed by atoms with Crippen LogP contribution in [0.2, 0.25) is 0 Å². The van der Waals surface area contributed by atoms with Crippen molar-refractivity contribution < 1.29 is 0 Å². The van der Waals surface area contributed by atoms with Gasteiger partial charge in [-0.25, -0.2) is 0 Å². The van der Waals surface area contributed by atoms with Gasteiger partial charge in [0.2, 0.25) is 0 Å². The average Bonchev–Trinajstić information content (AvgIpc) is 2.39. The molecule has 1 aromatic carbocycles. The Balaban J connectivity index is 1.77. The van der Waals surface area contributed by atoms with Crippen molar-refractivity contribution in [1.82, 2.24) is 4.90 Å². The molecule has 0 atom stereocenters. The summed E-state index contributed by atoms with van der Waals surface area (Å²) in [7, 11) is 2.22. The third-order valence-electron chi connectivity index (χ3n) is 3.94. The minimum absolute atomic E-state index is 0.648. The molecule has 0 aromatic heterocycles. The van der Waals surface area contributed by atoms with Crippen LogP contribution >= 0.6 is 0 Å². The molecule has 1 aliphatic rings. The van der Waals surface area contributed by atoms with E-state index in [2.05, 4.69) is 36.2 Å². The molecule has 2 N–H and O–H groups in total. The Morgan fingerprint density at radius 2 is 1.71 bits per heavy atom. The van der Waals surface area contributed by atoms with Crippen molar-refractivity contribution in [3.8, 4) is 0 Å². The Labute approximate surface area is 105 Å². The lowest BCUT2D eigenvalue weighted by Crippen LogP contribution is -2.30. The summed E-state index contributed by atoms with van der Waals surface area (Å²) in [6, 6.07) is 8.78. The first-order chi connectivity index (χ1) is 8.28. The van der Waals surface area contributed by atoms with Crippen LogP contribution in [0.4, 0.5) is 0 Å². The molecule has 1 heterocycles. The van der Waals surface area contributed by atoms with E-state index in [0.29, 0.717) is 6.54 Å². The number of piperidine rings is 1. The zero-order valence-corrected chi connectivity index (χ0v) is 10.9. The maximum absolute atomic E-state index is 5.60. The lowest BCUT2D eigenvalue weighted by Gasteiger charge is -2.28. The second kappa shape index (κ2) is 6.18. The first-order valence-corrected chi connectivity index (χ1v) is 6.74. The molecule has 0 spiro atoms. The Kier molecular flexibility index (Phi) is 4.57. The molecular formula is C15H24N2. The highest BCUT2D eigenvalue weighted by molar-refractivity contribution is 5.22. The summed E-state index contributed by atoms with van der Waals surface area (Å²) < 4.78 is 0. The minimum atomic E-state index is 0.648. The van der Waals surface area contributed by atoms with Gasteiger partial charge in [0.05, 0.1) is 0 Å². The van der Waals surface area contributed by atoms with Crippen LogP contribution in [0.3, 0.4) is 0 Å². The number of likely N-dealkylation sites (tertiary alicyclic amines) is 1. The molecule has 0 aliphatic carbocycles. The number of hydrogen-bond acceptors (Lipinski definition) is 2. The normalized spacial score (nSPS) is 18.5. The van der Waals surface area contributed by atoms with E-state index >= 15 is 0 Å². The molecule has 1 aliphatic heterocycles. The molecule has 17 heavy (non-hydrogen) atoms. The molecule has 0 radical (unpaired) electrons. The van der Waals surface area contributed by atoms with Crippen molar-refractivity contribution in [3.05, 3.63) is 35.4 Å². The van der Waals surface area contributed by atoms with Crippen LogP contribution in [0.1, 0.15) is 30.4 Å². The molecule has 0 unspecified atom stereocenters. The fourth-order valence-corrected chi connectivity index (χ4v) is 2.56. The first kappa shape index (κ1) is 12.6. The van der Waals surface area contributed by atoms with Crippen molar-refractivity contribution in [3.63, 3.8) is 0 Å². The summed E-state index contributed by atoms with van der Waals surface area (Å²) in [6.45, 7) is 3.20. The number of benzene rings is 1. The summed E-state index contributed by atoms with van der Waals surface area (Å²) in [5, 5.41) is 0. The third-order valence-corrected chi connectivity index (χ3v) is 3.94. The molecular weight excluding hydrogens is 208 g/mol. The van der Waals surface area contributed by atoms with Crippen molar-refractivity contribution >= 4 is 0 Å². The Bertz CT molecular complexity index is 323. The SMILES string of the molecule is CN1CCC(CCc2ccc(CN)cc2)CC1. The van der Waals surface area contributed by atoms with E-state index in [4.69, 9.17) is 5.73 Å². The van der Waals surface area contributed by atoms with Gasteiger partial charge in [-0.05, 0) is 62.9 Å². The molecule has 0 saturated carbocycles. The van der Waals surface area contributed by atoms with Crippen LogP contribution in [-0.2, 0) is 13.0 Å². The summed E-state index contributed by atoms with van der Waals surface area (Å²) in [6.07, 6.45) is 5.31. The molecule has 1 fully saturated rings. The predicted octanol–water partition coefficient (Wildman–Crippen LogP) is 2.42. The number of aryl methyl sites for hydroxylation is 1. The number of nitrogens with zero attached hydrogens (tertiary/aromatic N) is 1. The van der Waals surface area contributed by atoms with Crippen LogP contribution in [-0.4, -0.2) is 25.0 Å². The predicted molar refractivity (Wildman–Crippen MR) is 72.9 cm³/mol. The van der Waals surface area contributed by atoms with Crippen molar-refractivity contribution in [2.75, 3.05) is 20.1 Å². The van der Waals surface area contributed by atoms with E-state index in [1.807, 2.05) is 0 Å². The first-order valence-electron chi connectivity index (χ1n) is 6.74. The monoisotopic (exact) mass is 232 g/mol. The van der Waals surface area contributed by atoms with Gasteiger partial charge in [-0.1, -0.05) is 24.3 Å². The molecule has 94 valence electrons. The largest absolute Gasteiger partial charge is 0.326 e. The summed E-state index contributed by atoms with van der Waals surface area (Å²) in [5.41, 5.74) is 8.29. The summed E-state index contributed by atoms with van der Waals surface area (Å²) in [5.74, 6) is 0.931. The molecule has 2 rings (SSSR count). The zero-order chi connectivity index (χ0) is 12.1. The lowest BCUT2D eigenvalue weighted by molar-refractivity contribution is 0.212. The van der Waals surface area contributed by atoms with Crippen molar-refractivity contribution in [2.45, 2.75) is 32.2 Å². The molecule has 2 heteroatoms. The fraction of sp³-hybridized carbons (Fsp3) is 0.600. The van der Waals surface area contributed by atoms with Crippen molar-refractivity contribution in [2.24, 2.45) is 11.7 Å². The number of hydrogen-bond donors (Lipinski definition) is 1. The third kappa shape index (κ3) is 3.83. The fourth-order valence-electron chi connectivity index (χ4n) is 2.56. The molecule has 0 bridgehead atoms. The van der Waals surface area contributed by atoms with Gasteiger partial charge in [0.15, 0.2) is 0 Å². The van der Waals surface area contributed by atoms with Crippen molar-refractivity contribution in [1.29, 1.82) is 0 Å². The highest BCUT2D eigenvalue weighted by Gasteiger charge is 2.16. The smallest absolute Gasteiger partial charge is 0.0178 e. The van der Waals surface area contributed by atoms with E-state index in [1.54, 1.807) is 0 Å².